The summed E-state index contributed by atoms with van der Waals surface area (Å²) in [5.74, 6) is -1.69. The van der Waals surface area contributed by atoms with E-state index >= 15 is 0 Å². The Morgan fingerprint density at radius 1 is 1.39 bits per heavy atom. The van der Waals surface area contributed by atoms with E-state index in [9.17, 15) is 22.4 Å². The van der Waals surface area contributed by atoms with Gasteiger partial charge in [0.2, 0.25) is 21.1 Å². The van der Waals surface area contributed by atoms with E-state index in [0.29, 0.717) is 4.34 Å². The van der Waals surface area contributed by atoms with E-state index in [1.54, 1.807) is 0 Å². The van der Waals surface area contributed by atoms with Crippen molar-refractivity contribution in [2.24, 2.45) is 0 Å². The molecule has 13 heteroatoms. The molecule has 1 atom stereocenters. The van der Waals surface area contributed by atoms with E-state index in [4.69, 9.17) is 0 Å². The van der Waals surface area contributed by atoms with E-state index in [1.807, 2.05) is 0 Å². The Morgan fingerprint density at radius 3 is 2.71 bits per heavy atom. The number of sulfonamides is 1. The third kappa shape index (κ3) is 5.87. The maximum Gasteiger partial charge on any atom is 0.316 e. The van der Waals surface area contributed by atoms with Crippen LogP contribution in [0, 0.1) is 5.82 Å². The second kappa shape index (κ2) is 9.30. The van der Waals surface area contributed by atoms with Crippen molar-refractivity contribution < 1.29 is 27.1 Å². The highest BCUT2D eigenvalue weighted by Gasteiger charge is 2.30. The highest BCUT2D eigenvalue weighted by molar-refractivity contribution is 8.01. The van der Waals surface area contributed by atoms with Crippen molar-refractivity contribution in [2.45, 2.75) is 17.3 Å². The number of rotatable bonds is 8. The first kappa shape index (κ1) is 22.0. The van der Waals surface area contributed by atoms with Gasteiger partial charge in [0.15, 0.2) is 4.34 Å². The molecule has 1 aromatic heterocycles. The molecule has 1 aromatic carbocycles. The van der Waals surface area contributed by atoms with Crippen LogP contribution >= 0.6 is 23.1 Å². The molecule has 0 aliphatic carbocycles. The zero-order chi connectivity index (χ0) is 20.9. The maximum absolute atomic E-state index is 13.5. The number of thioether (sulfide) groups is 1. The number of amides is 1. The van der Waals surface area contributed by atoms with E-state index < -0.39 is 33.8 Å². The molecule has 0 aliphatic rings. The monoisotopic (exact) mass is 448 g/mol. The summed E-state index contributed by atoms with van der Waals surface area (Å²) in [7, 11) is -2.60. The molecule has 9 nitrogen and oxygen atoms in total. The van der Waals surface area contributed by atoms with E-state index in [2.05, 4.69) is 20.3 Å². The minimum absolute atomic E-state index is 0.0248. The minimum atomic E-state index is -3.87. The first-order valence-corrected chi connectivity index (χ1v) is 11.4. The number of aromatic nitrogens is 2. The van der Waals surface area contributed by atoms with E-state index in [0.717, 1.165) is 39.7 Å². The Balaban J connectivity index is 2.13. The molecule has 28 heavy (non-hydrogen) atoms. The Morgan fingerprint density at radius 2 is 2.11 bits per heavy atom. The fourth-order valence-corrected chi connectivity index (χ4v) is 4.88. The summed E-state index contributed by atoms with van der Waals surface area (Å²) in [5, 5.41) is 10.2. The molecule has 1 N–H and O–H groups in total. The fourth-order valence-electron chi connectivity index (χ4n) is 2.13. The predicted octanol–water partition coefficient (Wildman–Crippen LogP) is 1.74. The van der Waals surface area contributed by atoms with Crippen LogP contribution in [0.5, 0.6) is 0 Å². The van der Waals surface area contributed by atoms with Crippen LogP contribution in [-0.2, 0) is 24.3 Å². The van der Waals surface area contributed by atoms with Gasteiger partial charge >= 0.3 is 5.97 Å². The fraction of sp³-hybridized carbons (Fsp3) is 0.333. The van der Waals surface area contributed by atoms with Crippen LogP contribution in [0.25, 0.3) is 0 Å². The highest BCUT2D eigenvalue weighted by Crippen LogP contribution is 2.27. The van der Waals surface area contributed by atoms with Crippen molar-refractivity contribution in [3.8, 4) is 0 Å². The van der Waals surface area contributed by atoms with Gasteiger partial charge in [-0.25, -0.2) is 12.8 Å². The lowest BCUT2D eigenvalue weighted by molar-refractivity contribution is -0.137. The number of ether oxygens (including phenoxy) is 1. The number of benzene rings is 1. The summed E-state index contributed by atoms with van der Waals surface area (Å²) < 4.78 is 43.6. The summed E-state index contributed by atoms with van der Waals surface area (Å²) in [5.41, 5.74) is 0.0248. The molecule has 0 saturated carbocycles. The van der Waals surface area contributed by atoms with Gasteiger partial charge < -0.3 is 4.74 Å². The number of hydrogen-bond donors (Lipinski definition) is 1. The molecule has 0 aliphatic heterocycles. The molecule has 0 bridgehead atoms. The summed E-state index contributed by atoms with van der Waals surface area (Å²) in [4.78, 5) is 23.7. The van der Waals surface area contributed by atoms with Crippen molar-refractivity contribution >= 4 is 55.8 Å². The molecule has 0 spiro atoms. The van der Waals surface area contributed by atoms with Gasteiger partial charge in [-0.3, -0.25) is 19.2 Å². The number of carbonyl (C=O) groups is 2. The smallest absolute Gasteiger partial charge is 0.316 e. The summed E-state index contributed by atoms with van der Waals surface area (Å²) in [6.45, 7) is 1.37. The lowest BCUT2D eigenvalue weighted by Crippen LogP contribution is -2.45. The molecule has 2 rings (SSSR count). The summed E-state index contributed by atoms with van der Waals surface area (Å²) in [6.07, 6.45) is 0.925. The normalized spacial score (nSPS) is 12.3. The summed E-state index contributed by atoms with van der Waals surface area (Å²) in [6, 6.07) is 3.76. The zero-order valence-electron chi connectivity index (χ0n) is 15.1. The molecule has 0 radical (unpaired) electrons. The van der Waals surface area contributed by atoms with Crippen LogP contribution in [0.3, 0.4) is 0 Å². The van der Waals surface area contributed by atoms with Crippen molar-refractivity contribution in [1.82, 2.24) is 10.2 Å². The van der Waals surface area contributed by atoms with Gasteiger partial charge in [0.25, 0.3) is 0 Å². The standard InChI is InChI=1S/C15H17FN4O5S3/c1-9(20(28(3,23)24)11-6-4-5-10(16)7-11)13(22)17-14-18-19-15(27-14)26-8-12(21)25-2/h4-7,9H,8H2,1-3H3,(H,17,18,22)/t9-/m0/s1. The summed E-state index contributed by atoms with van der Waals surface area (Å²) >= 11 is 2.11. The van der Waals surface area contributed by atoms with Crippen LogP contribution in [0.15, 0.2) is 28.6 Å². The first-order chi connectivity index (χ1) is 13.1. The Kier molecular flexibility index (Phi) is 7.32. The van der Waals surface area contributed by atoms with Gasteiger partial charge in [0.05, 0.1) is 24.8 Å². The zero-order valence-corrected chi connectivity index (χ0v) is 17.5. The number of anilines is 2. The average Bonchev–Trinajstić information content (AvgIpc) is 3.06. The molecule has 1 heterocycles. The number of methoxy groups -OCH3 is 1. The predicted molar refractivity (Wildman–Crippen MR) is 104 cm³/mol. The maximum atomic E-state index is 13.5. The first-order valence-electron chi connectivity index (χ1n) is 7.70. The lowest BCUT2D eigenvalue weighted by Gasteiger charge is -2.27. The molecule has 0 saturated heterocycles. The van der Waals surface area contributed by atoms with Crippen LogP contribution in [0.1, 0.15) is 6.92 Å². The number of halogens is 1. The van der Waals surface area contributed by atoms with Gasteiger partial charge in [0.1, 0.15) is 11.9 Å². The lowest BCUT2D eigenvalue weighted by atomic mass is 10.2. The quantitative estimate of drug-likeness (QED) is 0.368. The number of esters is 1. The third-order valence-corrected chi connectivity index (χ3v) is 6.52. The van der Waals surface area contributed by atoms with Crippen LogP contribution in [-0.4, -0.2) is 55.7 Å². The number of hydrogen-bond acceptors (Lipinski definition) is 9. The van der Waals surface area contributed by atoms with Crippen molar-refractivity contribution in [3.63, 3.8) is 0 Å². The SMILES string of the molecule is COC(=O)CSc1nnc(NC(=O)[C@H](C)N(c2cccc(F)c2)S(C)(=O)=O)s1. The topological polar surface area (TPSA) is 119 Å². The number of nitrogens with one attached hydrogen (secondary N) is 1. The van der Waals surface area contributed by atoms with Crippen LogP contribution in [0.2, 0.25) is 0 Å². The second-order valence-electron chi connectivity index (χ2n) is 5.44. The van der Waals surface area contributed by atoms with Gasteiger partial charge in [-0.2, -0.15) is 0 Å². The highest BCUT2D eigenvalue weighted by atomic mass is 32.2. The van der Waals surface area contributed by atoms with Crippen molar-refractivity contribution in [1.29, 1.82) is 0 Å². The largest absolute Gasteiger partial charge is 0.468 e. The number of nitrogens with zero attached hydrogens (tertiary/aromatic N) is 3. The Labute approximate surface area is 169 Å². The van der Waals surface area contributed by atoms with Gasteiger partial charge in [0, 0.05) is 0 Å². The van der Waals surface area contributed by atoms with Gasteiger partial charge in [-0.1, -0.05) is 29.2 Å². The molecular formula is C15H17FN4O5S3. The Hall–Kier alpha value is -2.25. The van der Waals surface area contributed by atoms with Crippen molar-refractivity contribution in [3.05, 3.63) is 30.1 Å². The molecule has 1 amide bonds. The Bertz CT molecular complexity index is 966. The van der Waals surface area contributed by atoms with Crippen LogP contribution < -0.4 is 9.62 Å². The van der Waals surface area contributed by atoms with Crippen molar-refractivity contribution in [2.75, 3.05) is 28.7 Å². The molecule has 0 unspecified atom stereocenters. The second-order valence-corrected chi connectivity index (χ2v) is 9.50. The molecule has 0 fully saturated rings. The minimum Gasteiger partial charge on any atom is -0.468 e. The van der Waals surface area contributed by atoms with Crippen LogP contribution in [0.4, 0.5) is 15.2 Å². The van der Waals surface area contributed by atoms with E-state index in [1.165, 1.54) is 32.2 Å². The number of carbonyl (C=O) groups excluding carboxylic acids is 2. The molecular weight excluding hydrogens is 431 g/mol. The third-order valence-electron chi connectivity index (χ3n) is 3.33. The molecule has 2 aromatic rings. The average molecular weight is 449 g/mol. The molecule has 152 valence electrons. The van der Waals surface area contributed by atoms with Gasteiger partial charge in [-0.05, 0) is 25.1 Å². The van der Waals surface area contributed by atoms with E-state index in [-0.39, 0.29) is 16.6 Å². The van der Waals surface area contributed by atoms with Gasteiger partial charge in [-0.15, -0.1) is 10.2 Å².